The monoisotopic (exact) mass is 318 g/mol. The minimum absolute atomic E-state index is 0.194. The van der Waals surface area contributed by atoms with Crippen molar-refractivity contribution in [2.45, 2.75) is 84.0 Å². The van der Waals surface area contributed by atoms with E-state index in [-0.39, 0.29) is 17.2 Å². The van der Waals surface area contributed by atoms with Gasteiger partial charge in [0.2, 0.25) is 0 Å². The number of benzene rings is 1. The van der Waals surface area contributed by atoms with Gasteiger partial charge in [-0.05, 0) is 62.1 Å². The molecule has 0 saturated heterocycles. The fraction of sp³-hybridized carbons (Fsp3) is 0.667. The van der Waals surface area contributed by atoms with Crippen molar-refractivity contribution >= 4 is 5.78 Å². The van der Waals surface area contributed by atoms with E-state index in [9.17, 15) is 9.18 Å². The highest BCUT2D eigenvalue weighted by Crippen LogP contribution is 2.38. The van der Waals surface area contributed by atoms with Crippen LogP contribution >= 0.6 is 0 Å². The summed E-state index contributed by atoms with van der Waals surface area (Å²) in [6.07, 6.45) is 13.1. The molecule has 2 rings (SSSR count). The molecule has 0 radical (unpaired) electrons. The van der Waals surface area contributed by atoms with Crippen LogP contribution in [0.5, 0.6) is 0 Å². The van der Waals surface area contributed by atoms with Gasteiger partial charge in [0.15, 0.2) is 5.78 Å². The molecule has 1 fully saturated rings. The van der Waals surface area contributed by atoms with Crippen molar-refractivity contribution in [1.82, 2.24) is 0 Å². The predicted octanol–water partition coefficient (Wildman–Crippen LogP) is 6.66. The van der Waals surface area contributed by atoms with E-state index in [1.165, 1.54) is 71.1 Å². The maximum Gasteiger partial charge on any atom is 0.162 e. The van der Waals surface area contributed by atoms with Crippen LogP contribution in [0.3, 0.4) is 0 Å². The molecule has 0 amide bonds. The highest BCUT2D eigenvalue weighted by molar-refractivity contribution is 5.94. The van der Waals surface area contributed by atoms with Gasteiger partial charge in [0.1, 0.15) is 5.82 Å². The van der Waals surface area contributed by atoms with Crippen LogP contribution < -0.4 is 0 Å². The van der Waals surface area contributed by atoms with Crippen molar-refractivity contribution in [2.24, 2.45) is 5.92 Å². The van der Waals surface area contributed by atoms with E-state index in [1.807, 2.05) is 6.07 Å². The molecule has 0 atom stereocenters. The molecule has 23 heavy (non-hydrogen) atoms. The van der Waals surface area contributed by atoms with Crippen LogP contribution in [0.4, 0.5) is 4.39 Å². The van der Waals surface area contributed by atoms with Gasteiger partial charge in [0.25, 0.3) is 0 Å². The van der Waals surface area contributed by atoms with Crippen molar-refractivity contribution in [3.63, 3.8) is 0 Å². The standard InChI is InChI=1S/C21H31FO/c1-3-4-5-6-7-8-17-9-11-18(12-10-17)19-13-14-20(16(2)23)21(22)15-19/h13-15,17-18H,3-12H2,1-2H3/t17-,18-. The van der Waals surface area contributed by atoms with Gasteiger partial charge >= 0.3 is 0 Å². The second kappa shape index (κ2) is 9.20. The van der Waals surface area contributed by atoms with Gasteiger partial charge in [-0.3, -0.25) is 4.79 Å². The van der Waals surface area contributed by atoms with E-state index >= 15 is 0 Å². The van der Waals surface area contributed by atoms with Crippen LogP contribution in [0.2, 0.25) is 0 Å². The molecular formula is C21H31FO. The van der Waals surface area contributed by atoms with Crippen molar-refractivity contribution in [3.05, 3.63) is 35.1 Å². The number of ketones is 1. The number of carbonyl (C=O) groups excluding carboxylic acids is 1. The number of hydrogen-bond donors (Lipinski definition) is 0. The number of Topliss-reactive ketones (excluding diaryl/α,β-unsaturated/α-hetero) is 1. The Morgan fingerprint density at radius 1 is 1.09 bits per heavy atom. The van der Waals surface area contributed by atoms with Gasteiger partial charge in [-0.15, -0.1) is 0 Å². The molecule has 2 heteroatoms. The Labute approximate surface area is 140 Å². The highest BCUT2D eigenvalue weighted by atomic mass is 19.1. The Bertz CT molecular complexity index is 501. The van der Waals surface area contributed by atoms with E-state index < -0.39 is 0 Å². The van der Waals surface area contributed by atoms with Gasteiger partial charge in [-0.2, -0.15) is 0 Å². The van der Waals surface area contributed by atoms with Crippen molar-refractivity contribution in [1.29, 1.82) is 0 Å². The van der Waals surface area contributed by atoms with E-state index in [0.717, 1.165) is 11.5 Å². The van der Waals surface area contributed by atoms with Gasteiger partial charge in [-0.1, -0.05) is 51.5 Å². The molecule has 0 unspecified atom stereocenters. The fourth-order valence-corrected chi connectivity index (χ4v) is 3.89. The molecule has 0 spiro atoms. The molecule has 1 saturated carbocycles. The van der Waals surface area contributed by atoms with Gasteiger partial charge in [0.05, 0.1) is 5.56 Å². The third-order valence-electron chi connectivity index (χ3n) is 5.41. The van der Waals surface area contributed by atoms with E-state index in [0.29, 0.717) is 5.92 Å². The van der Waals surface area contributed by atoms with Crippen LogP contribution in [0.15, 0.2) is 18.2 Å². The van der Waals surface area contributed by atoms with Crippen molar-refractivity contribution in [2.75, 3.05) is 0 Å². The summed E-state index contributed by atoms with van der Waals surface area (Å²) in [5.74, 6) is 0.796. The Morgan fingerprint density at radius 2 is 1.78 bits per heavy atom. The zero-order chi connectivity index (χ0) is 16.7. The third-order valence-corrected chi connectivity index (χ3v) is 5.41. The van der Waals surface area contributed by atoms with Gasteiger partial charge in [-0.25, -0.2) is 4.39 Å². The van der Waals surface area contributed by atoms with Crippen LogP contribution in [-0.2, 0) is 0 Å². The number of unbranched alkanes of at least 4 members (excludes halogenated alkanes) is 4. The van der Waals surface area contributed by atoms with E-state index in [2.05, 4.69) is 6.92 Å². The molecule has 128 valence electrons. The first-order chi connectivity index (χ1) is 11.1. The number of halogens is 1. The molecule has 1 aliphatic rings. The molecular weight excluding hydrogens is 287 g/mol. The summed E-state index contributed by atoms with van der Waals surface area (Å²) in [4.78, 5) is 11.3. The van der Waals surface area contributed by atoms with Crippen LogP contribution in [0.1, 0.15) is 99.9 Å². The largest absolute Gasteiger partial charge is 0.294 e. The Balaban J connectivity index is 1.78. The summed E-state index contributed by atoms with van der Waals surface area (Å²) >= 11 is 0. The second-order valence-electron chi connectivity index (χ2n) is 7.22. The average Bonchev–Trinajstić information content (AvgIpc) is 2.55. The van der Waals surface area contributed by atoms with E-state index in [4.69, 9.17) is 0 Å². The van der Waals surface area contributed by atoms with Gasteiger partial charge < -0.3 is 0 Å². The first-order valence-corrected chi connectivity index (χ1v) is 9.42. The summed E-state index contributed by atoms with van der Waals surface area (Å²) < 4.78 is 14.0. The molecule has 0 aromatic heterocycles. The zero-order valence-electron chi connectivity index (χ0n) is 14.7. The summed E-state index contributed by atoms with van der Waals surface area (Å²) in [6, 6.07) is 5.20. The molecule has 0 heterocycles. The number of carbonyl (C=O) groups is 1. The molecule has 1 aliphatic carbocycles. The lowest BCUT2D eigenvalue weighted by atomic mass is 9.77. The minimum Gasteiger partial charge on any atom is -0.294 e. The Hall–Kier alpha value is -1.18. The lowest BCUT2D eigenvalue weighted by molar-refractivity contribution is 0.101. The zero-order valence-corrected chi connectivity index (χ0v) is 14.7. The topological polar surface area (TPSA) is 17.1 Å². The fourth-order valence-electron chi connectivity index (χ4n) is 3.89. The smallest absolute Gasteiger partial charge is 0.162 e. The summed E-state index contributed by atoms with van der Waals surface area (Å²) in [5.41, 5.74) is 1.29. The SMILES string of the molecule is CCCCCCC[C@H]1CC[C@H](c2ccc(C(C)=O)c(F)c2)CC1. The van der Waals surface area contributed by atoms with Gasteiger partial charge in [0, 0.05) is 0 Å². The lowest BCUT2D eigenvalue weighted by Gasteiger charge is -2.29. The third kappa shape index (κ3) is 5.44. The van der Waals surface area contributed by atoms with Crippen LogP contribution in [-0.4, -0.2) is 5.78 Å². The molecule has 1 aromatic carbocycles. The molecule has 1 nitrogen and oxygen atoms in total. The summed E-state index contributed by atoms with van der Waals surface area (Å²) in [5, 5.41) is 0. The molecule has 1 aromatic rings. The molecule has 0 N–H and O–H groups in total. The highest BCUT2D eigenvalue weighted by Gasteiger charge is 2.23. The molecule has 0 aliphatic heterocycles. The first kappa shape index (κ1) is 18.2. The van der Waals surface area contributed by atoms with E-state index in [1.54, 1.807) is 12.1 Å². The Kier molecular flexibility index (Phi) is 7.26. The maximum absolute atomic E-state index is 14.0. The predicted molar refractivity (Wildman–Crippen MR) is 94.5 cm³/mol. The molecule has 0 bridgehead atoms. The quantitative estimate of drug-likeness (QED) is 0.387. The lowest BCUT2D eigenvalue weighted by Crippen LogP contribution is -2.14. The number of hydrogen-bond acceptors (Lipinski definition) is 1. The minimum atomic E-state index is -0.354. The van der Waals surface area contributed by atoms with Crippen LogP contribution in [0.25, 0.3) is 0 Å². The normalized spacial score (nSPS) is 21.3. The second-order valence-corrected chi connectivity index (χ2v) is 7.22. The van der Waals surface area contributed by atoms with Crippen molar-refractivity contribution < 1.29 is 9.18 Å². The van der Waals surface area contributed by atoms with Crippen molar-refractivity contribution in [3.8, 4) is 0 Å². The summed E-state index contributed by atoms with van der Waals surface area (Å²) in [6.45, 7) is 3.68. The summed E-state index contributed by atoms with van der Waals surface area (Å²) in [7, 11) is 0. The first-order valence-electron chi connectivity index (χ1n) is 9.42. The van der Waals surface area contributed by atoms with Crippen LogP contribution in [0, 0.1) is 11.7 Å². The Morgan fingerprint density at radius 3 is 2.39 bits per heavy atom. The number of rotatable bonds is 8. The maximum atomic E-state index is 14.0. The average molecular weight is 318 g/mol.